The van der Waals surface area contributed by atoms with Gasteiger partial charge in [0.15, 0.2) is 0 Å². The Hall–Kier alpha value is -1.03. The Labute approximate surface area is 58.6 Å². The SMILES string of the molecule is N[C@@H]1COc2ccnn2C1. The van der Waals surface area contributed by atoms with Crippen molar-refractivity contribution in [3.8, 4) is 5.88 Å². The number of nitrogens with two attached hydrogens (primary N) is 1. The van der Waals surface area contributed by atoms with Gasteiger partial charge in [0.2, 0.25) is 5.88 Å². The summed E-state index contributed by atoms with van der Waals surface area (Å²) in [6.45, 7) is 1.37. The summed E-state index contributed by atoms with van der Waals surface area (Å²) >= 11 is 0. The Kier molecular flexibility index (Phi) is 1.14. The first-order valence-electron chi connectivity index (χ1n) is 3.26. The molecule has 1 aromatic heterocycles. The van der Waals surface area contributed by atoms with Crippen LogP contribution in [0.4, 0.5) is 0 Å². The van der Waals surface area contributed by atoms with Gasteiger partial charge in [-0.2, -0.15) is 5.10 Å². The lowest BCUT2D eigenvalue weighted by Gasteiger charge is -2.20. The number of aromatic nitrogens is 2. The standard InChI is InChI=1S/C6H9N3O/c7-5-3-9-6(10-4-5)1-2-8-9/h1-2,5H,3-4,7H2/t5-/m0/s1. The largest absolute Gasteiger partial charge is 0.476 e. The van der Waals surface area contributed by atoms with Crippen molar-refractivity contribution in [1.82, 2.24) is 9.78 Å². The average Bonchev–Trinajstić information content (AvgIpc) is 2.33. The molecule has 2 heterocycles. The second-order valence-electron chi connectivity index (χ2n) is 2.42. The molecule has 4 heteroatoms. The van der Waals surface area contributed by atoms with Gasteiger partial charge in [0.25, 0.3) is 0 Å². The van der Waals surface area contributed by atoms with Crippen LogP contribution in [0, 0.1) is 0 Å². The van der Waals surface area contributed by atoms with Crippen LogP contribution in [-0.2, 0) is 6.54 Å². The predicted molar refractivity (Wildman–Crippen MR) is 35.7 cm³/mol. The second-order valence-corrected chi connectivity index (χ2v) is 2.42. The van der Waals surface area contributed by atoms with E-state index >= 15 is 0 Å². The van der Waals surface area contributed by atoms with Gasteiger partial charge < -0.3 is 10.5 Å². The zero-order valence-corrected chi connectivity index (χ0v) is 5.53. The fraction of sp³-hybridized carbons (Fsp3) is 0.500. The third-order valence-corrected chi connectivity index (χ3v) is 1.53. The molecular weight excluding hydrogens is 130 g/mol. The van der Waals surface area contributed by atoms with Crippen LogP contribution in [0.15, 0.2) is 12.3 Å². The molecule has 4 nitrogen and oxygen atoms in total. The number of hydrogen-bond acceptors (Lipinski definition) is 3. The van der Waals surface area contributed by atoms with Crippen LogP contribution in [0.1, 0.15) is 0 Å². The molecule has 1 aliphatic rings. The van der Waals surface area contributed by atoms with Crippen LogP contribution in [0.2, 0.25) is 0 Å². The van der Waals surface area contributed by atoms with Crippen molar-refractivity contribution in [3.63, 3.8) is 0 Å². The summed E-state index contributed by atoms with van der Waals surface area (Å²) in [5.74, 6) is 0.821. The lowest BCUT2D eigenvalue weighted by molar-refractivity contribution is 0.206. The quantitative estimate of drug-likeness (QED) is 0.532. The number of rotatable bonds is 0. The summed E-state index contributed by atoms with van der Waals surface area (Å²) in [5, 5.41) is 4.02. The van der Waals surface area contributed by atoms with Gasteiger partial charge in [-0.3, -0.25) is 0 Å². The number of ether oxygens (including phenoxy) is 1. The minimum Gasteiger partial charge on any atom is -0.476 e. The van der Waals surface area contributed by atoms with Gasteiger partial charge in [0, 0.05) is 6.07 Å². The highest BCUT2D eigenvalue weighted by Crippen LogP contribution is 2.13. The third kappa shape index (κ3) is 0.769. The van der Waals surface area contributed by atoms with E-state index in [0.717, 1.165) is 12.4 Å². The maximum absolute atomic E-state index is 5.62. The Balaban J connectivity index is 2.30. The van der Waals surface area contributed by atoms with Crippen LogP contribution in [0.25, 0.3) is 0 Å². The molecule has 0 fully saturated rings. The highest BCUT2D eigenvalue weighted by atomic mass is 16.5. The molecule has 1 aliphatic heterocycles. The smallest absolute Gasteiger partial charge is 0.211 e. The highest BCUT2D eigenvalue weighted by Gasteiger charge is 2.15. The Bertz CT molecular complexity index is 233. The van der Waals surface area contributed by atoms with E-state index in [9.17, 15) is 0 Å². The maximum atomic E-state index is 5.62. The van der Waals surface area contributed by atoms with Gasteiger partial charge in [0.1, 0.15) is 6.61 Å². The molecule has 54 valence electrons. The Morgan fingerprint density at radius 3 is 3.60 bits per heavy atom. The van der Waals surface area contributed by atoms with Crippen LogP contribution in [0.5, 0.6) is 5.88 Å². The van der Waals surface area contributed by atoms with Crippen molar-refractivity contribution in [2.45, 2.75) is 12.6 Å². The molecule has 0 aromatic carbocycles. The fourth-order valence-corrected chi connectivity index (χ4v) is 1.05. The van der Waals surface area contributed by atoms with Crippen LogP contribution in [0.3, 0.4) is 0 Å². The first kappa shape index (κ1) is 5.73. The molecule has 0 radical (unpaired) electrons. The average molecular weight is 139 g/mol. The number of fused-ring (bicyclic) bond motifs is 1. The van der Waals surface area contributed by atoms with Gasteiger partial charge in [-0.25, -0.2) is 4.68 Å². The molecule has 1 aromatic rings. The summed E-state index contributed by atoms with van der Waals surface area (Å²) in [7, 11) is 0. The van der Waals surface area contributed by atoms with Gasteiger partial charge in [-0.15, -0.1) is 0 Å². The van der Waals surface area contributed by atoms with Gasteiger partial charge >= 0.3 is 0 Å². The van der Waals surface area contributed by atoms with Crippen molar-refractivity contribution in [3.05, 3.63) is 12.3 Å². The molecular formula is C6H9N3O. The minimum atomic E-state index is 0.0902. The predicted octanol–water partition coefficient (Wildman–Crippen LogP) is -0.397. The molecule has 10 heavy (non-hydrogen) atoms. The number of nitrogens with zero attached hydrogens (tertiary/aromatic N) is 2. The molecule has 2 rings (SSSR count). The summed E-state index contributed by atoms with van der Waals surface area (Å²) < 4.78 is 7.02. The Morgan fingerprint density at radius 2 is 2.70 bits per heavy atom. The normalized spacial score (nSPS) is 23.5. The van der Waals surface area contributed by atoms with E-state index in [2.05, 4.69) is 5.10 Å². The first-order chi connectivity index (χ1) is 4.86. The zero-order chi connectivity index (χ0) is 6.97. The van der Waals surface area contributed by atoms with E-state index in [1.54, 1.807) is 10.9 Å². The molecule has 0 aliphatic carbocycles. The topological polar surface area (TPSA) is 53.1 Å². The van der Waals surface area contributed by atoms with Crippen molar-refractivity contribution in [2.24, 2.45) is 5.73 Å². The molecule has 0 unspecified atom stereocenters. The van der Waals surface area contributed by atoms with Crippen LogP contribution < -0.4 is 10.5 Å². The molecule has 0 bridgehead atoms. The maximum Gasteiger partial charge on any atom is 0.211 e. The Morgan fingerprint density at radius 1 is 1.80 bits per heavy atom. The van der Waals surface area contributed by atoms with Gasteiger partial charge in [-0.1, -0.05) is 0 Å². The van der Waals surface area contributed by atoms with Crippen molar-refractivity contribution in [1.29, 1.82) is 0 Å². The molecule has 0 saturated carbocycles. The van der Waals surface area contributed by atoms with E-state index in [1.165, 1.54) is 0 Å². The minimum absolute atomic E-state index is 0.0902. The van der Waals surface area contributed by atoms with E-state index in [1.807, 2.05) is 6.07 Å². The lowest BCUT2D eigenvalue weighted by atomic mass is 10.3. The fourth-order valence-electron chi connectivity index (χ4n) is 1.05. The van der Waals surface area contributed by atoms with E-state index in [-0.39, 0.29) is 6.04 Å². The lowest BCUT2D eigenvalue weighted by Crippen LogP contribution is -2.37. The van der Waals surface area contributed by atoms with Crippen molar-refractivity contribution >= 4 is 0 Å². The van der Waals surface area contributed by atoms with Gasteiger partial charge in [-0.05, 0) is 0 Å². The zero-order valence-electron chi connectivity index (χ0n) is 5.53. The summed E-state index contributed by atoms with van der Waals surface area (Å²) in [5.41, 5.74) is 5.62. The monoisotopic (exact) mass is 139 g/mol. The second kappa shape index (κ2) is 1.98. The molecule has 0 spiro atoms. The van der Waals surface area contributed by atoms with E-state index in [0.29, 0.717) is 6.61 Å². The summed E-state index contributed by atoms with van der Waals surface area (Å²) in [4.78, 5) is 0. The van der Waals surface area contributed by atoms with Crippen LogP contribution >= 0.6 is 0 Å². The molecule has 1 atom stereocenters. The summed E-state index contributed by atoms with van der Waals surface area (Å²) in [6, 6.07) is 1.93. The number of hydrogen-bond donors (Lipinski definition) is 1. The van der Waals surface area contributed by atoms with Crippen LogP contribution in [-0.4, -0.2) is 22.4 Å². The third-order valence-electron chi connectivity index (χ3n) is 1.53. The van der Waals surface area contributed by atoms with Crippen molar-refractivity contribution < 1.29 is 4.74 Å². The molecule has 0 amide bonds. The highest BCUT2D eigenvalue weighted by molar-refractivity contribution is 5.09. The van der Waals surface area contributed by atoms with E-state index < -0.39 is 0 Å². The molecule has 0 saturated heterocycles. The van der Waals surface area contributed by atoms with Crippen molar-refractivity contribution in [2.75, 3.05) is 6.61 Å². The summed E-state index contributed by atoms with van der Waals surface area (Å²) in [6.07, 6.45) is 1.72. The first-order valence-corrected chi connectivity index (χ1v) is 3.26. The molecule has 2 N–H and O–H groups in total. The van der Waals surface area contributed by atoms with E-state index in [4.69, 9.17) is 10.5 Å². The van der Waals surface area contributed by atoms with Gasteiger partial charge in [0.05, 0.1) is 18.8 Å².